The van der Waals surface area contributed by atoms with Gasteiger partial charge in [-0.3, -0.25) is 4.90 Å². The molecular formula is C15H24N2O. The van der Waals surface area contributed by atoms with Gasteiger partial charge in [-0.1, -0.05) is 24.3 Å². The van der Waals surface area contributed by atoms with Gasteiger partial charge in [-0.15, -0.1) is 0 Å². The Hall–Kier alpha value is -0.900. The standard InChI is InChI=1S/C15H24N2O/c1-12-9-15(16)7-8-17(12)10-13-5-3-4-6-14(13)11-18-2/h3-6,12,15H,7-11,16H2,1-2H3. The van der Waals surface area contributed by atoms with Crippen LogP contribution in [-0.4, -0.2) is 30.6 Å². The van der Waals surface area contributed by atoms with Gasteiger partial charge in [-0.25, -0.2) is 0 Å². The molecule has 0 saturated carbocycles. The maximum atomic E-state index is 6.01. The minimum absolute atomic E-state index is 0.380. The van der Waals surface area contributed by atoms with E-state index in [1.165, 1.54) is 11.1 Å². The quantitative estimate of drug-likeness (QED) is 0.887. The maximum Gasteiger partial charge on any atom is 0.0716 e. The zero-order valence-electron chi connectivity index (χ0n) is 11.4. The van der Waals surface area contributed by atoms with Gasteiger partial charge in [0.25, 0.3) is 0 Å². The number of piperidine rings is 1. The summed E-state index contributed by atoms with van der Waals surface area (Å²) in [7, 11) is 1.75. The first-order valence-corrected chi connectivity index (χ1v) is 6.76. The molecule has 2 atom stereocenters. The number of benzene rings is 1. The van der Waals surface area contributed by atoms with Crippen LogP contribution in [0.1, 0.15) is 30.9 Å². The van der Waals surface area contributed by atoms with Crippen LogP contribution in [0.15, 0.2) is 24.3 Å². The highest BCUT2D eigenvalue weighted by Gasteiger charge is 2.23. The Bertz CT molecular complexity index is 381. The molecule has 1 heterocycles. The Morgan fingerprint density at radius 1 is 1.33 bits per heavy atom. The molecule has 0 radical (unpaired) electrons. The summed E-state index contributed by atoms with van der Waals surface area (Å²) in [5.41, 5.74) is 8.68. The predicted octanol–water partition coefficient (Wildman–Crippen LogP) is 2.14. The topological polar surface area (TPSA) is 38.5 Å². The number of nitrogens with zero attached hydrogens (tertiary/aromatic N) is 1. The molecule has 100 valence electrons. The fourth-order valence-corrected chi connectivity index (χ4v) is 2.72. The summed E-state index contributed by atoms with van der Waals surface area (Å²) in [5, 5.41) is 0. The van der Waals surface area contributed by atoms with Crippen molar-refractivity contribution in [1.29, 1.82) is 0 Å². The first kappa shape index (κ1) is 13.5. The fourth-order valence-electron chi connectivity index (χ4n) is 2.72. The largest absolute Gasteiger partial charge is 0.380 e. The number of hydrogen-bond donors (Lipinski definition) is 1. The summed E-state index contributed by atoms with van der Waals surface area (Å²) < 4.78 is 5.26. The third kappa shape index (κ3) is 3.31. The van der Waals surface area contributed by atoms with E-state index in [2.05, 4.69) is 36.1 Å². The lowest BCUT2D eigenvalue weighted by atomic mass is 9.97. The SMILES string of the molecule is COCc1ccccc1CN1CCC(N)CC1C. The van der Waals surface area contributed by atoms with Crippen molar-refractivity contribution < 1.29 is 4.74 Å². The third-order valence-electron chi connectivity index (χ3n) is 3.85. The van der Waals surface area contributed by atoms with Crippen molar-refractivity contribution in [3.63, 3.8) is 0 Å². The Morgan fingerprint density at radius 3 is 2.72 bits per heavy atom. The molecule has 1 fully saturated rings. The van der Waals surface area contributed by atoms with Crippen molar-refractivity contribution >= 4 is 0 Å². The number of likely N-dealkylation sites (tertiary alicyclic amines) is 1. The lowest BCUT2D eigenvalue weighted by molar-refractivity contribution is 0.137. The molecule has 2 N–H and O–H groups in total. The van der Waals surface area contributed by atoms with E-state index in [0.717, 1.165) is 25.9 Å². The molecule has 1 aliphatic rings. The molecule has 2 unspecified atom stereocenters. The van der Waals surface area contributed by atoms with E-state index >= 15 is 0 Å². The van der Waals surface area contributed by atoms with Crippen LogP contribution >= 0.6 is 0 Å². The van der Waals surface area contributed by atoms with Crippen LogP contribution in [0.5, 0.6) is 0 Å². The molecule has 1 aromatic rings. The van der Waals surface area contributed by atoms with Gasteiger partial charge in [-0.05, 0) is 30.9 Å². The first-order chi connectivity index (χ1) is 8.70. The Labute approximate surface area is 110 Å². The van der Waals surface area contributed by atoms with E-state index in [-0.39, 0.29) is 0 Å². The minimum atomic E-state index is 0.380. The molecular weight excluding hydrogens is 224 g/mol. The van der Waals surface area contributed by atoms with Crippen molar-refractivity contribution in [1.82, 2.24) is 4.90 Å². The van der Waals surface area contributed by atoms with Crippen molar-refractivity contribution in [2.75, 3.05) is 13.7 Å². The zero-order chi connectivity index (χ0) is 13.0. The fraction of sp³-hybridized carbons (Fsp3) is 0.600. The second kappa shape index (κ2) is 6.32. The molecule has 0 spiro atoms. The Morgan fingerprint density at radius 2 is 2.06 bits per heavy atom. The Kier molecular flexibility index (Phi) is 4.75. The van der Waals surface area contributed by atoms with E-state index < -0.39 is 0 Å². The van der Waals surface area contributed by atoms with Gasteiger partial charge >= 0.3 is 0 Å². The molecule has 18 heavy (non-hydrogen) atoms. The van der Waals surface area contributed by atoms with Crippen molar-refractivity contribution in [2.24, 2.45) is 5.73 Å². The summed E-state index contributed by atoms with van der Waals surface area (Å²) in [6, 6.07) is 9.49. The van der Waals surface area contributed by atoms with Gasteiger partial charge in [0.15, 0.2) is 0 Å². The number of nitrogens with two attached hydrogens (primary N) is 1. The summed E-state index contributed by atoms with van der Waals surface area (Å²) in [5.74, 6) is 0. The van der Waals surface area contributed by atoms with Gasteiger partial charge < -0.3 is 10.5 Å². The molecule has 0 amide bonds. The number of ether oxygens (including phenoxy) is 1. The van der Waals surface area contributed by atoms with E-state index in [1.54, 1.807) is 7.11 Å². The summed E-state index contributed by atoms with van der Waals surface area (Å²) in [6.45, 7) is 5.08. The van der Waals surface area contributed by atoms with Crippen LogP contribution in [0, 0.1) is 0 Å². The summed E-state index contributed by atoms with van der Waals surface area (Å²) in [4.78, 5) is 2.53. The zero-order valence-corrected chi connectivity index (χ0v) is 11.4. The van der Waals surface area contributed by atoms with Crippen LogP contribution in [0.3, 0.4) is 0 Å². The molecule has 1 saturated heterocycles. The summed E-state index contributed by atoms with van der Waals surface area (Å²) >= 11 is 0. The second-order valence-corrected chi connectivity index (χ2v) is 5.31. The molecule has 3 heteroatoms. The van der Waals surface area contributed by atoms with Crippen LogP contribution in [0.25, 0.3) is 0 Å². The van der Waals surface area contributed by atoms with Crippen LogP contribution in [0.4, 0.5) is 0 Å². The smallest absolute Gasteiger partial charge is 0.0716 e. The van der Waals surface area contributed by atoms with Gasteiger partial charge in [0.2, 0.25) is 0 Å². The third-order valence-corrected chi connectivity index (χ3v) is 3.85. The average molecular weight is 248 g/mol. The second-order valence-electron chi connectivity index (χ2n) is 5.31. The normalized spacial score (nSPS) is 25.3. The van der Waals surface area contributed by atoms with E-state index in [4.69, 9.17) is 10.5 Å². The maximum absolute atomic E-state index is 6.01. The first-order valence-electron chi connectivity index (χ1n) is 6.76. The Balaban J connectivity index is 2.04. The predicted molar refractivity (Wildman–Crippen MR) is 74.2 cm³/mol. The monoisotopic (exact) mass is 248 g/mol. The number of rotatable bonds is 4. The molecule has 1 aromatic carbocycles. The molecule has 2 rings (SSSR count). The summed E-state index contributed by atoms with van der Waals surface area (Å²) in [6.07, 6.45) is 2.21. The van der Waals surface area contributed by atoms with Gasteiger partial charge in [0.05, 0.1) is 6.61 Å². The van der Waals surface area contributed by atoms with Crippen LogP contribution in [-0.2, 0) is 17.9 Å². The van der Waals surface area contributed by atoms with E-state index in [0.29, 0.717) is 18.7 Å². The molecule has 0 aliphatic carbocycles. The van der Waals surface area contributed by atoms with Crippen LogP contribution in [0.2, 0.25) is 0 Å². The number of methoxy groups -OCH3 is 1. The highest BCUT2D eigenvalue weighted by atomic mass is 16.5. The van der Waals surface area contributed by atoms with Crippen LogP contribution < -0.4 is 5.73 Å². The molecule has 0 aromatic heterocycles. The highest BCUT2D eigenvalue weighted by Crippen LogP contribution is 2.20. The highest BCUT2D eigenvalue weighted by molar-refractivity contribution is 5.26. The van der Waals surface area contributed by atoms with E-state index in [9.17, 15) is 0 Å². The van der Waals surface area contributed by atoms with Crippen molar-refractivity contribution in [3.05, 3.63) is 35.4 Å². The minimum Gasteiger partial charge on any atom is -0.380 e. The molecule has 3 nitrogen and oxygen atoms in total. The number of hydrogen-bond acceptors (Lipinski definition) is 3. The molecule has 0 bridgehead atoms. The molecule has 1 aliphatic heterocycles. The van der Waals surface area contributed by atoms with Crippen molar-refractivity contribution in [2.45, 2.75) is 45.0 Å². The van der Waals surface area contributed by atoms with Gasteiger partial charge in [0.1, 0.15) is 0 Å². The average Bonchev–Trinajstić information content (AvgIpc) is 2.35. The van der Waals surface area contributed by atoms with E-state index in [1.807, 2.05) is 0 Å². The van der Waals surface area contributed by atoms with Crippen molar-refractivity contribution in [3.8, 4) is 0 Å². The van der Waals surface area contributed by atoms with Gasteiger partial charge in [-0.2, -0.15) is 0 Å². The van der Waals surface area contributed by atoms with Gasteiger partial charge in [0, 0.05) is 32.3 Å². The lowest BCUT2D eigenvalue weighted by Gasteiger charge is -2.36. The lowest BCUT2D eigenvalue weighted by Crippen LogP contribution is -2.45.